The van der Waals surface area contributed by atoms with Gasteiger partial charge in [-0.25, -0.2) is 5.43 Å². The number of amides is 6. The summed E-state index contributed by atoms with van der Waals surface area (Å²) in [5.74, 6) is -4.08. The lowest BCUT2D eigenvalue weighted by molar-refractivity contribution is -0.157. The maximum absolute atomic E-state index is 13.4. The van der Waals surface area contributed by atoms with Crippen LogP contribution in [0.25, 0.3) is 33.7 Å². The molecule has 2 aliphatic rings. The van der Waals surface area contributed by atoms with Crippen molar-refractivity contribution in [2.24, 2.45) is 5.92 Å². The zero-order chi connectivity index (χ0) is 67.4. The van der Waals surface area contributed by atoms with Crippen molar-refractivity contribution in [3.05, 3.63) is 193 Å². The minimum atomic E-state index is -0.913. The number of aromatic nitrogens is 2. The third-order valence-corrected chi connectivity index (χ3v) is 16.0. The third kappa shape index (κ3) is 22.9. The van der Waals surface area contributed by atoms with Crippen LogP contribution in [0.4, 0.5) is 0 Å². The molecule has 0 aliphatic carbocycles. The molecule has 0 bridgehead atoms. The summed E-state index contributed by atoms with van der Waals surface area (Å²) in [6, 6.07) is 30.9. The Morgan fingerprint density at radius 1 is 0.624 bits per heavy atom. The van der Waals surface area contributed by atoms with Gasteiger partial charge in [-0.3, -0.25) is 53.3 Å². The van der Waals surface area contributed by atoms with Gasteiger partial charge >= 0.3 is 11.9 Å². The van der Waals surface area contributed by atoms with E-state index in [1.165, 1.54) is 9.91 Å². The normalized spacial score (nSPS) is 16.5. The van der Waals surface area contributed by atoms with Gasteiger partial charge in [0, 0.05) is 55.6 Å². The standard InChI is InChI=1S/C36H43N5O5.C24H33N3O5.C13H13NO/c1-5-7-15-33(42)39-31(19-16-26-12-9-8-10-13-26)34(43)38-24(3)35(44)41-20-11-14-32(40-41)36(45)46-25(4)27-17-18-28-23-37-30(6-2)22-29(28)21-27;1-3-4-12-21(28)26-20(14-13-18-9-6-5-7-10-18)22(29)25-17(2)23(30)27-15-8-11-19(16-27)24(31)32;1-3-13-7-12-6-10(9(2)15)4-5-11(12)8-14-13/h5-10,12-13,17-18,21-25,31-32,40H,2,11,14-16,19-20H2,1,3-4H3,(H,38,43)(H,39,42);3-7,9-10,17,19-20H,8,11-16H2,1-2H3,(H,25,29)(H,26,28)(H,31,32);3-9,15H,1H2,2H3/b7-5+;4-3+;/t24-,25+,31-,32-;17-,19?,20-;9-/m001/s1. The Bertz CT molecular complexity index is 3600. The van der Waals surface area contributed by atoms with Crippen LogP contribution in [0.1, 0.15) is 139 Å². The van der Waals surface area contributed by atoms with E-state index in [2.05, 4.69) is 49.8 Å². The minimum absolute atomic E-state index is 0.145. The molecular formula is C73H89N9O11. The number of ether oxygens (including phenoxy) is 1. The lowest BCUT2D eigenvalue weighted by Gasteiger charge is -2.35. The van der Waals surface area contributed by atoms with E-state index in [4.69, 9.17) is 4.74 Å². The van der Waals surface area contributed by atoms with Crippen LogP contribution in [0.5, 0.6) is 0 Å². The number of aryl methyl sites for hydroxylation is 2. The predicted molar refractivity (Wildman–Crippen MR) is 361 cm³/mol. The topological polar surface area (TPSA) is 279 Å². The third-order valence-electron chi connectivity index (χ3n) is 16.0. The zero-order valence-electron chi connectivity index (χ0n) is 54.1. The molecule has 0 saturated carbocycles. The SMILES string of the molecule is C/C=C/CC(=O)N[C@@H](CCc1ccccc1)C(=O)N[C@@H](C)C(=O)N1CCCC(C(=O)O)C1.C=Cc1cc2cc([C@@H](C)O)ccc2cn1.C=Cc1cc2cc([C@@H](C)OC(=O)[C@@H]3CCCN(C(=O)[C@H](C)NC(=O)[C@H](CCc4ccccc4)NC(=O)C/C=C/C)N3)ccc2cn1. The van der Waals surface area contributed by atoms with E-state index >= 15 is 0 Å². The van der Waals surface area contributed by atoms with Gasteiger partial charge in [-0.15, -0.1) is 0 Å². The van der Waals surface area contributed by atoms with Crippen molar-refractivity contribution in [1.29, 1.82) is 0 Å². The number of fused-ring (bicyclic) bond motifs is 2. The fraction of sp³-hybridized carbons (Fsp3) is 0.370. The van der Waals surface area contributed by atoms with E-state index < -0.39 is 72.1 Å². The second-order valence-corrected chi connectivity index (χ2v) is 23.2. The minimum Gasteiger partial charge on any atom is -0.481 e. The molecule has 6 aromatic rings. The van der Waals surface area contributed by atoms with E-state index in [1.54, 1.807) is 63.4 Å². The fourth-order valence-corrected chi connectivity index (χ4v) is 10.6. The van der Waals surface area contributed by atoms with Gasteiger partial charge in [0.25, 0.3) is 5.91 Å². The molecule has 1 unspecified atom stereocenters. The maximum Gasteiger partial charge on any atom is 0.325 e. The first-order valence-corrected chi connectivity index (χ1v) is 31.7. The maximum atomic E-state index is 13.4. The lowest BCUT2D eigenvalue weighted by Crippen LogP contribution is -2.60. The van der Waals surface area contributed by atoms with Crippen molar-refractivity contribution >= 4 is 81.1 Å². The van der Waals surface area contributed by atoms with E-state index in [1.807, 2.05) is 136 Å². The van der Waals surface area contributed by atoms with Gasteiger partial charge in [0.2, 0.25) is 29.5 Å². The van der Waals surface area contributed by atoms with Crippen LogP contribution < -0.4 is 26.7 Å². The molecule has 4 heterocycles. The van der Waals surface area contributed by atoms with Crippen LogP contribution in [0, 0.1) is 5.92 Å². The van der Waals surface area contributed by atoms with Gasteiger partial charge in [0.15, 0.2) is 0 Å². The zero-order valence-corrected chi connectivity index (χ0v) is 54.1. The van der Waals surface area contributed by atoms with Crippen molar-refractivity contribution in [2.75, 3.05) is 19.6 Å². The van der Waals surface area contributed by atoms with Crippen molar-refractivity contribution in [3.8, 4) is 0 Å². The highest BCUT2D eigenvalue weighted by Crippen LogP contribution is 2.26. The Hall–Kier alpha value is -9.66. The summed E-state index contributed by atoms with van der Waals surface area (Å²) < 4.78 is 5.80. The molecule has 7 N–H and O–H groups in total. The molecular weight excluding hydrogens is 1180 g/mol. The molecule has 20 heteroatoms. The van der Waals surface area contributed by atoms with Gasteiger partial charge in [0.05, 0.1) is 23.4 Å². The number of aliphatic hydroxyl groups excluding tert-OH is 1. The van der Waals surface area contributed by atoms with E-state index in [0.29, 0.717) is 64.5 Å². The largest absolute Gasteiger partial charge is 0.481 e. The van der Waals surface area contributed by atoms with Crippen LogP contribution in [0.2, 0.25) is 0 Å². The first kappa shape index (κ1) is 72.4. The molecule has 20 nitrogen and oxygen atoms in total. The van der Waals surface area contributed by atoms with Crippen LogP contribution in [0.3, 0.4) is 0 Å². The number of rotatable bonds is 25. The van der Waals surface area contributed by atoms with Gasteiger partial charge in [0.1, 0.15) is 36.3 Å². The second kappa shape index (κ2) is 37.0. The first-order valence-electron chi connectivity index (χ1n) is 31.7. The summed E-state index contributed by atoms with van der Waals surface area (Å²) in [6.07, 6.45) is 17.5. The molecule has 2 saturated heterocycles. The Balaban J connectivity index is 0.000000250. The highest BCUT2D eigenvalue weighted by atomic mass is 16.5. The van der Waals surface area contributed by atoms with Gasteiger partial charge in [-0.1, -0.05) is 122 Å². The molecule has 4 aromatic carbocycles. The first-order chi connectivity index (χ1) is 44.7. The quantitative estimate of drug-likeness (QED) is 0.0208. The van der Waals surface area contributed by atoms with Crippen LogP contribution >= 0.6 is 0 Å². The van der Waals surface area contributed by atoms with E-state index in [9.17, 15) is 48.6 Å². The summed E-state index contributed by atoms with van der Waals surface area (Å²) in [7, 11) is 0. The van der Waals surface area contributed by atoms with Crippen molar-refractivity contribution < 1.29 is 53.3 Å². The number of carboxylic acid groups (broad SMARTS) is 1. The number of aliphatic hydroxyl groups is 1. The summed E-state index contributed by atoms with van der Waals surface area (Å²) in [6.45, 7) is 18.8. The summed E-state index contributed by atoms with van der Waals surface area (Å²) in [4.78, 5) is 112. The highest BCUT2D eigenvalue weighted by molar-refractivity contribution is 5.94. The smallest absolute Gasteiger partial charge is 0.325 e. The molecule has 8 rings (SSSR count). The molecule has 2 aromatic heterocycles. The Kier molecular flexibility index (Phi) is 28.8. The number of nitrogens with one attached hydrogen (secondary N) is 5. The molecule has 93 heavy (non-hydrogen) atoms. The number of hydrogen-bond acceptors (Lipinski definition) is 13. The molecule has 8 atom stereocenters. The average molecular weight is 1270 g/mol. The van der Waals surface area contributed by atoms with Crippen LogP contribution in [-0.2, 0) is 55.9 Å². The lowest BCUT2D eigenvalue weighted by atomic mass is 9.97. The number of carbonyl (C=O) groups is 8. The van der Waals surface area contributed by atoms with E-state index in [0.717, 1.165) is 55.2 Å². The number of allylic oxidation sites excluding steroid dienone is 2. The predicted octanol–water partition coefficient (Wildman–Crippen LogP) is 9.40. The summed E-state index contributed by atoms with van der Waals surface area (Å²) in [5.41, 5.74) is 8.45. The number of esters is 1. The number of hydrogen-bond donors (Lipinski definition) is 7. The van der Waals surface area contributed by atoms with Crippen molar-refractivity contribution in [3.63, 3.8) is 0 Å². The molecule has 0 radical (unpaired) electrons. The molecule has 2 aliphatic heterocycles. The summed E-state index contributed by atoms with van der Waals surface area (Å²) >= 11 is 0. The second-order valence-electron chi connectivity index (χ2n) is 23.2. The number of benzene rings is 4. The number of hydrazine groups is 1. The number of carboxylic acids is 1. The van der Waals surface area contributed by atoms with Crippen LogP contribution in [0.15, 0.2) is 159 Å². The number of piperidine rings is 1. The number of carbonyl (C=O) groups excluding carboxylic acids is 7. The summed E-state index contributed by atoms with van der Waals surface area (Å²) in [5, 5.41) is 35.2. The van der Waals surface area contributed by atoms with Crippen molar-refractivity contribution in [2.45, 2.75) is 148 Å². The monoisotopic (exact) mass is 1270 g/mol. The van der Waals surface area contributed by atoms with Gasteiger partial charge in [-0.2, -0.15) is 0 Å². The average Bonchev–Trinajstić information content (AvgIpc) is 0.948. The molecule has 2 fully saturated rings. The highest BCUT2D eigenvalue weighted by Gasteiger charge is 2.35. The van der Waals surface area contributed by atoms with Gasteiger partial charge < -0.3 is 41.1 Å². The fourth-order valence-electron chi connectivity index (χ4n) is 10.6. The number of likely N-dealkylation sites (tertiary alicyclic amines) is 1. The number of pyridine rings is 2. The Morgan fingerprint density at radius 3 is 1.59 bits per heavy atom. The number of aliphatic carboxylic acids is 1. The Morgan fingerprint density at radius 2 is 1.11 bits per heavy atom. The Labute approximate surface area is 545 Å². The molecule has 0 spiro atoms. The van der Waals surface area contributed by atoms with E-state index in [-0.39, 0.29) is 43.0 Å². The van der Waals surface area contributed by atoms with Crippen molar-refractivity contribution in [1.82, 2.24) is 46.6 Å². The van der Waals surface area contributed by atoms with Gasteiger partial charge in [-0.05, 0) is 162 Å². The number of nitrogens with zero attached hydrogens (tertiary/aromatic N) is 4. The molecule has 492 valence electrons. The van der Waals surface area contributed by atoms with Crippen LogP contribution in [-0.4, -0.2) is 127 Å². The molecule has 6 amide bonds.